The molecule has 0 heterocycles. The van der Waals surface area contributed by atoms with E-state index in [9.17, 15) is 0 Å². The summed E-state index contributed by atoms with van der Waals surface area (Å²) in [5, 5.41) is 8.50. The number of unbranched alkanes of at least 4 members (excludes halogenated alkanes) is 4. The molecule has 0 bridgehead atoms. The first-order valence-corrected chi connectivity index (χ1v) is 5.16. The van der Waals surface area contributed by atoms with Crippen LogP contribution in [0.5, 0.6) is 0 Å². The van der Waals surface area contributed by atoms with Gasteiger partial charge in [0.2, 0.25) is 0 Å². The Hall–Kier alpha value is -0.740. The third-order valence-corrected chi connectivity index (χ3v) is 1.74. The van der Waals surface area contributed by atoms with Crippen LogP contribution in [0.2, 0.25) is 0 Å². The fourth-order valence-electron chi connectivity index (χ4n) is 0.921. The minimum atomic E-state index is 0.286. The lowest BCUT2D eigenvalue weighted by Crippen LogP contribution is -1.80. The van der Waals surface area contributed by atoms with Crippen molar-refractivity contribution in [3.8, 4) is 11.8 Å². The third-order valence-electron chi connectivity index (χ3n) is 1.74. The van der Waals surface area contributed by atoms with Crippen LogP contribution < -0.4 is 0 Å². The molecule has 0 fully saturated rings. The first-order chi connectivity index (χ1) is 6.41. The molecule has 1 N–H and O–H groups in total. The van der Waals surface area contributed by atoms with Gasteiger partial charge in [-0.3, -0.25) is 0 Å². The van der Waals surface area contributed by atoms with E-state index in [-0.39, 0.29) is 6.61 Å². The van der Waals surface area contributed by atoms with Crippen molar-refractivity contribution < 1.29 is 5.11 Å². The molecule has 0 aliphatic carbocycles. The molecule has 0 aliphatic heterocycles. The molecule has 0 amide bonds. The lowest BCUT2D eigenvalue weighted by atomic mass is 10.2. The van der Waals surface area contributed by atoms with Gasteiger partial charge < -0.3 is 5.11 Å². The summed E-state index contributed by atoms with van der Waals surface area (Å²) in [6.45, 7) is 2.47. The molecule has 0 unspecified atom stereocenters. The lowest BCUT2D eigenvalue weighted by Gasteiger charge is -1.87. The molecule has 0 aliphatic rings. The van der Waals surface area contributed by atoms with Crippen LogP contribution in [0.4, 0.5) is 0 Å². The fraction of sp³-hybridized carbons (Fsp3) is 0.667. The first-order valence-electron chi connectivity index (χ1n) is 5.16. The SMILES string of the molecule is CCCC/C=C\C#CCCCCO. The van der Waals surface area contributed by atoms with Crippen molar-refractivity contribution in [3.05, 3.63) is 12.2 Å². The number of allylic oxidation sites excluding steroid dienone is 2. The predicted octanol–water partition coefficient (Wildman–Crippen LogP) is 2.90. The Morgan fingerprint density at radius 1 is 1.23 bits per heavy atom. The van der Waals surface area contributed by atoms with Crippen LogP contribution >= 0.6 is 0 Å². The van der Waals surface area contributed by atoms with Crippen LogP contribution in [0.3, 0.4) is 0 Å². The van der Waals surface area contributed by atoms with E-state index < -0.39 is 0 Å². The Bertz CT molecular complexity index is 171. The number of aliphatic hydroxyl groups excluding tert-OH is 1. The van der Waals surface area contributed by atoms with E-state index in [1.165, 1.54) is 12.8 Å². The van der Waals surface area contributed by atoms with Gasteiger partial charge in [0.05, 0.1) is 0 Å². The van der Waals surface area contributed by atoms with Gasteiger partial charge in [-0.15, -0.1) is 0 Å². The highest BCUT2D eigenvalue weighted by Crippen LogP contribution is 1.94. The van der Waals surface area contributed by atoms with Crippen molar-refractivity contribution in [1.29, 1.82) is 0 Å². The largest absolute Gasteiger partial charge is 0.396 e. The normalized spacial score (nSPS) is 10.0. The zero-order chi connectivity index (χ0) is 9.78. The lowest BCUT2D eigenvalue weighted by molar-refractivity contribution is 0.285. The van der Waals surface area contributed by atoms with Crippen molar-refractivity contribution in [1.82, 2.24) is 0 Å². The molecule has 1 heteroatoms. The van der Waals surface area contributed by atoms with E-state index in [2.05, 4.69) is 24.8 Å². The summed E-state index contributed by atoms with van der Waals surface area (Å²) in [6.07, 6.45) is 10.5. The molecule has 1 nitrogen and oxygen atoms in total. The minimum Gasteiger partial charge on any atom is -0.396 e. The average Bonchev–Trinajstić information content (AvgIpc) is 2.16. The summed E-state index contributed by atoms with van der Waals surface area (Å²) >= 11 is 0. The van der Waals surface area contributed by atoms with Crippen molar-refractivity contribution in [2.75, 3.05) is 6.61 Å². The van der Waals surface area contributed by atoms with Gasteiger partial charge in [0.1, 0.15) is 0 Å². The van der Waals surface area contributed by atoms with Crippen LogP contribution in [0.25, 0.3) is 0 Å². The highest BCUT2D eigenvalue weighted by Gasteiger charge is 1.80. The summed E-state index contributed by atoms with van der Waals surface area (Å²) in [5.74, 6) is 6.04. The van der Waals surface area contributed by atoms with E-state index in [0.29, 0.717) is 0 Å². The Balaban J connectivity index is 3.22. The van der Waals surface area contributed by atoms with Crippen LogP contribution in [0.1, 0.15) is 45.4 Å². The molecule has 0 saturated carbocycles. The molecule has 0 saturated heterocycles. The van der Waals surface area contributed by atoms with Crippen molar-refractivity contribution >= 4 is 0 Å². The molecule has 0 aromatic carbocycles. The smallest absolute Gasteiger partial charge is 0.0431 e. The predicted molar refractivity (Wildman–Crippen MR) is 57.4 cm³/mol. The fourth-order valence-corrected chi connectivity index (χ4v) is 0.921. The van der Waals surface area contributed by atoms with Gasteiger partial charge in [0.15, 0.2) is 0 Å². The number of hydrogen-bond acceptors (Lipinski definition) is 1. The van der Waals surface area contributed by atoms with Gasteiger partial charge >= 0.3 is 0 Å². The van der Waals surface area contributed by atoms with Crippen LogP contribution in [0.15, 0.2) is 12.2 Å². The summed E-state index contributed by atoms with van der Waals surface area (Å²) in [4.78, 5) is 0. The molecular formula is C12H20O. The van der Waals surface area contributed by atoms with E-state index in [1.54, 1.807) is 0 Å². The molecular weight excluding hydrogens is 160 g/mol. The first kappa shape index (κ1) is 12.3. The molecule has 0 aromatic heterocycles. The molecule has 13 heavy (non-hydrogen) atoms. The van der Waals surface area contributed by atoms with Gasteiger partial charge in [-0.1, -0.05) is 37.7 Å². The highest BCUT2D eigenvalue weighted by molar-refractivity contribution is 5.14. The molecule has 0 radical (unpaired) electrons. The van der Waals surface area contributed by atoms with E-state index in [4.69, 9.17) is 5.11 Å². The molecule has 0 aromatic rings. The van der Waals surface area contributed by atoms with Crippen molar-refractivity contribution in [2.45, 2.75) is 45.4 Å². The van der Waals surface area contributed by atoms with Gasteiger partial charge in [-0.25, -0.2) is 0 Å². The summed E-state index contributed by atoms with van der Waals surface area (Å²) in [5.41, 5.74) is 0. The Morgan fingerprint density at radius 3 is 2.77 bits per heavy atom. The minimum absolute atomic E-state index is 0.286. The zero-order valence-electron chi connectivity index (χ0n) is 8.55. The Kier molecular flexibility index (Phi) is 10.6. The highest BCUT2D eigenvalue weighted by atomic mass is 16.2. The maximum absolute atomic E-state index is 8.50. The summed E-state index contributed by atoms with van der Waals surface area (Å²) in [7, 11) is 0. The second-order valence-corrected chi connectivity index (χ2v) is 3.05. The monoisotopic (exact) mass is 180 g/mol. The number of rotatable bonds is 6. The van der Waals surface area contributed by atoms with E-state index in [0.717, 1.165) is 25.7 Å². The van der Waals surface area contributed by atoms with Gasteiger partial charge in [0.25, 0.3) is 0 Å². The van der Waals surface area contributed by atoms with E-state index >= 15 is 0 Å². The molecule has 0 spiro atoms. The molecule has 0 atom stereocenters. The Labute approximate surface area is 81.9 Å². The van der Waals surface area contributed by atoms with Gasteiger partial charge in [0, 0.05) is 13.0 Å². The zero-order valence-corrected chi connectivity index (χ0v) is 8.55. The maximum Gasteiger partial charge on any atom is 0.0431 e. The van der Waals surface area contributed by atoms with Crippen LogP contribution in [-0.4, -0.2) is 11.7 Å². The number of aliphatic hydroxyl groups is 1. The standard InChI is InChI=1S/C12H20O/c1-2-3-4-5-6-7-8-9-10-11-12-13/h5-6,13H,2-4,9-12H2,1H3/b6-5-. The number of hydrogen-bond donors (Lipinski definition) is 1. The Morgan fingerprint density at radius 2 is 2.08 bits per heavy atom. The maximum atomic E-state index is 8.50. The van der Waals surface area contributed by atoms with Crippen LogP contribution in [0, 0.1) is 11.8 Å². The van der Waals surface area contributed by atoms with E-state index in [1.807, 2.05) is 6.08 Å². The molecule has 0 rings (SSSR count). The summed E-state index contributed by atoms with van der Waals surface area (Å²) in [6, 6.07) is 0. The average molecular weight is 180 g/mol. The van der Waals surface area contributed by atoms with Crippen molar-refractivity contribution in [2.24, 2.45) is 0 Å². The van der Waals surface area contributed by atoms with Crippen LogP contribution in [-0.2, 0) is 0 Å². The molecule has 74 valence electrons. The van der Waals surface area contributed by atoms with Gasteiger partial charge in [-0.05, 0) is 25.3 Å². The quantitative estimate of drug-likeness (QED) is 0.492. The summed E-state index contributed by atoms with van der Waals surface area (Å²) < 4.78 is 0. The third kappa shape index (κ3) is 11.3. The second-order valence-electron chi connectivity index (χ2n) is 3.05. The topological polar surface area (TPSA) is 20.2 Å². The second kappa shape index (κ2) is 11.3. The van der Waals surface area contributed by atoms with Gasteiger partial charge in [-0.2, -0.15) is 0 Å². The van der Waals surface area contributed by atoms with Crippen molar-refractivity contribution in [3.63, 3.8) is 0 Å².